The Morgan fingerprint density at radius 2 is 0.743 bits per heavy atom. The van der Waals surface area contributed by atoms with Crippen LogP contribution in [0.2, 0.25) is 0 Å². The molecule has 0 N–H and O–H groups in total. The van der Waals surface area contributed by atoms with Gasteiger partial charge < -0.3 is 9.13 Å². The molecule has 7 heteroatoms. The largest absolute Gasteiger partial charge is 0.415 e. The fourth-order valence-electron chi connectivity index (χ4n) is 10.9. The number of nitriles is 1. The lowest BCUT2D eigenvalue weighted by Crippen LogP contribution is -2.08. The molecule has 2 aromatic heterocycles. The first-order chi connectivity index (χ1) is 35.8. The highest BCUT2D eigenvalue weighted by Crippen LogP contribution is 2.47. The van der Waals surface area contributed by atoms with E-state index in [0.29, 0.717) is 22.5 Å². The summed E-state index contributed by atoms with van der Waals surface area (Å²) in [4.78, 5) is 3.64. The fraction of sp³-hybridized carbons (Fsp3) is 0.0746. The third kappa shape index (κ3) is 7.96. The summed E-state index contributed by atoms with van der Waals surface area (Å²) in [5, 5.41) is 15.0. The number of fused-ring (bicyclic) bond motifs is 6. The van der Waals surface area contributed by atoms with Gasteiger partial charge in [0.05, 0.1) is 51.6 Å². The van der Waals surface area contributed by atoms with E-state index in [1.54, 1.807) is 18.2 Å². The van der Waals surface area contributed by atoms with Crippen molar-refractivity contribution in [3.05, 3.63) is 245 Å². The highest BCUT2D eigenvalue weighted by molar-refractivity contribution is 6.14. The molecule has 12 rings (SSSR count). The lowest BCUT2D eigenvalue weighted by atomic mass is 9.95. The summed E-state index contributed by atoms with van der Waals surface area (Å²) in [6, 6.07) is 68.3. The molecule has 2 heterocycles. The van der Waals surface area contributed by atoms with Gasteiger partial charge in [-0.2, -0.15) is 18.4 Å². The predicted molar refractivity (Wildman–Crippen MR) is 297 cm³/mol. The third-order valence-corrected chi connectivity index (χ3v) is 14.3. The summed E-state index contributed by atoms with van der Waals surface area (Å²) >= 11 is 0. The number of hydrogen-bond donors (Lipinski definition) is 0. The van der Waals surface area contributed by atoms with Crippen LogP contribution in [0.4, 0.5) is 18.9 Å². The van der Waals surface area contributed by atoms with E-state index in [-0.39, 0.29) is 11.3 Å². The zero-order valence-corrected chi connectivity index (χ0v) is 41.0. The monoisotopic (exact) mass is 962 g/mol. The van der Waals surface area contributed by atoms with E-state index in [2.05, 4.69) is 193 Å². The highest BCUT2D eigenvalue weighted by atomic mass is 19.4. The maximum Gasteiger partial charge on any atom is 0.415 e. The molecule has 10 aromatic carbocycles. The first-order valence-corrected chi connectivity index (χ1v) is 24.5. The molecule has 0 bridgehead atoms. The van der Waals surface area contributed by atoms with Crippen molar-refractivity contribution in [2.24, 2.45) is 0 Å². The Morgan fingerprint density at radius 3 is 1.04 bits per heavy atom. The lowest BCUT2D eigenvalue weighted by molar-refractivity contribution is -0.137. The van der Waals surface area contributed by atoms with Crippen LogP contribution in [0.5, 0.6) is 0 Å². The van der Waals surface area contributed by atoms with Crippen LogP contribution in [0.15, 0.2) is 200 Å². The van der Waals surface area contributed by atoms with E-state index < -0.39 is 11.7 Å². The summed E-state index contributed by atoms with van der Waals surface area (Å²) in [7, 11) is 0. The molecule has 0 aliphatic heterocycles. The van der Waals surface area contributed by atoms with Crippen molar-refractivity contribution >= 4 is 49.3 Å². The number of rotatable bonds is 7. The molecule has 0 saturated carbocycles. The Hall–Kier alpha value is -9.43. The number of aromatic nitrogens is 2. The van der Waals surface area contributed by atoms with Crippen LogP contribution in [0.3, 0.4) is 0 Å². The van der Waals surface area contributed by atoms with E-state index >= 15 is 13.2 Å². The normalized spacial score (nSPS) is 11.7. The number of hydrogen-bond acceptors (Lipinski definition) is 1. The average Bonchev–Trinajstić information content (AvgIpc) is 3.92. The Kier molecular flexibility index (Phi) is 10.9. The molecule has 0 saturated heterocycles. The number of nitrogens with zero attached hydrogens (tertiary/aromatic N) is 4. The van der Waals surface area contributed by atoms with Gasteiger partial charge in [0.2, 0.25) is 0 Å². The van der Waals surface area contributed by atoms with Gasteiger partial charge in [0.1, 0.15) is 0 Å². The number of aryl methyl sites for hydroxylation is 4. The van der Waals surface area contributed by atoms with Crippen molar-refractivity contribution in [1.29, 1.82) is 5.26 Å². The molecule has 0 atom stereocenters. The Balaban J connectivity index is 1.28. The van der Waals surface area contributed by atoms with Crippen molar-refractivity contribution in [3.8, 4) is 73.1 Å². The van der Waals surface area contributed by atoms with Gasteiger partial charge in [-0.15, -0.1) is 0 Å². The van der Waals surface area contributed by atoms with Crippen LogP contribution in [-0.4, -0.2) is 9.13 Å². The average molecular weight is 963 g/mol. The van der Waals surface area contributed by atoms with Gasteiger partial charge in [-0.25, -0.2) is 4.85 Å². The fourth-order valence-corrected chi connectivity index (χ4v) is 10.9. The van der Waals surface area contributed by atoms with Crippen LogP contribution in [-0.2, 0) is 6.18 Å². The second kappa shape index (κ2) is 17.7. The molecule has 0 fully saturated rings. The van der Waals surface area contributed by atoms with E-state index in [4.69, 9.17) is 6.57 Å². The van der Waals surface area contributed by atoms with Crippen LogP contribution in [0.1, 0.15) is 33.4 Å². The second-order valence-electron chi connectivity index (χ2n) is 19.5. The van der Waals surface area contributed by atoms with Crippen LogP contribution >= 0.6 is 0 Å². The van der Waals surface area contributed by atoms with Crippen LogP contribution < -0.4 is 0 Å². The number of alkyl halides is 3. The quantitative estimate of drug-likeness (QED) is 0.147. The standard InChI is InChI=1S/C67H45F3N4/c1-40-10-6-14-45(26-40)49-18-22-56-57-23-19-50(46-15-7-11-41(2)27-46)35-61(57)73(60(56)34-49)64-30-44(39-71)31-65(66(64)53-32-54(67(68,69)70)38-55(33-53)72-5)74-62-36-51(47-16-8-12-42(3)28-47)20-24-58(62)59-25-21-52(37-63(59)74)48-17-9-13-43(4)29-48/h6-38H,1-4H3. The summed E-state index contributed by atoms with van der Waals surface area (Å²) in [5.41, 5.74) is 16.2. The van der Waals surface area contributed by atoms with Crippen molar-refractivity contribution in [2.75, 3.05) is 0 Å². The molecule has 0 spiro atoms. The van der Waals surface area contributed by atoms with E-state index in [1.807, 2.05) is 24.3 Å². The summed E-state index contributed by atoms with van der Waals surface area (Å²) in [5.74, 6) is 0. The topological polar surface area (TPSA) is 38.0 Å². The molecule has 12 aromatic rings. The molecular formula is C67H45F3N4. The van der Waals surface area contributed by atoms with Gasteiger partial charge in [-0.05, 0) is 132 Å². The van der Waals surface area contributed by atoms with Crippen molar-refractivity contribution in [1.82, 2.24) is 9.13 Å². The minimum Gasteiger partial charge on any atom is -0.308 e. The maximum absolute atomic E-state index is 15.3. The summed E-state index contributed by atoms with van der Waals surface area (Å²) in [6.07, 6.45) is -4.78. The number of benzene rings is 10. The van der Waals surface area contributed by atoms with Gasteiger partial charge in [0, 0.05) is 32.7 Å². The molecule has 0 amide bonds. The first kappa shape index (κ1) is 45.7. The third-order valence-electron chi connectivity index (χ3n) is 14.3. The second-order valence-corrected chi connectivity index (χ2v) is 19.5. The maximum atomic E-state index is 15.3. The van der Waals surface area contributed by atoms with Gasteiger partial charge in [-0.1, -0.05) is 168 Å². The minimum absolute atomic E-state index is 0.160. The Labute approximate surface area is 426 Å². The zero-order chi connectivity index (χ0) is 51.0. The van der Waals surface area contributed by atoms with E-state index in [9.17, 15) is 5.26 Å². The van der Waals surface area contributed by atoms with Crippen molar-refractivity contribution in [3.63, 3.8) is 0 Å². The van der Waals surface area contributed by atoms with E-state index in [0.717, 1.165) is 123 Å². The van der Waals surface area contributed by atoms with Gasteiger partial charge in [0.25, 0.3) is 0 Å². The highest BCUT2D eigenvalue weighted by Gasteiger charge is 2.33. The molecule has 0 aliphatic rings. The molecule has 0 aliphatic carbocycles. The molecule has 4 nitrogen and oxygen atoms in total. The minimum atomic E-state index is -4.78. The molecule has 74 heavy (non-hydrogen) atoms. The van der Waals surface area contributed by atoms with Gasteiger partial charge in [0.15, 0.2) is 5.69 Å². The number of halogens is 3. The molecule has 0 radical (unpaired) electrons. The SMILES string of the molecule is [C-]#[N+]c1cc(-c2c(-n3c4cc(-c5cccc(C)c5)ccc4c4ccc(-c5cccc(C)c5)cc43)cc(C#N)cc2-n2c3cc(-c4cccc(C)c4)ccc3c3ccc(-c4cccc(C)c4)cc32)cc(C(F)(F)F)c1. The smallest absolute Gasteiger partial charge is 0.308 e. The predicted octanol–water partition coefficient (Wildman–Crippen LogP) is 18.9. The first-order valence-electron chi connectivity index (χ1n) is 24.5. The lowest BCUT2D eigenvalue weighted by Gasteiger charge is -2.22. The zero-order valence-electron chi connectivity index (χ0n) is 41.0. The van der Waals surface area contributed by atoms with Gasteiger partial charge >= 0.3 is 6.18 Å². The van der Waals surface area contributed by atoms with Crippen LogP contribution in [0, 0.1) is 45.6 Å². The molecule has 354 valence electrons. The molecule has 0 unspecified atom stereocenters. The van der Waals surface area contributed by atoms with Crippen molar-refractivity contribution in [2.45, 2.75) is 33.9 Å². The Morgan fingerprint density at radius 1 is 0.405 bits per heavy atom. The van der Waals surface area contributed by atoms with Crippen LogP contribution in [0.25, 0.3) is 115 Å². The van der Waals surface area contributed by atoms with Gasteiger partial charge in [-0.3, -0.25) is 0 Å². The van der Waals surface area contributed by atoms with E-state index in [1.165, 1.54) is 0 Å². The summed E-state index contributed by atoms with van der Waals surface area (Å²) < 4.78 is 50.1. The summed E-state index contributed by atoms with van der Waals surface area (Å²) in [6.45, 7) is 16.4. The molecular weight excluding hydrogens is 918 g/mol. The van der Waals surface area contributed by atoms with Crippen molar-refractivity contribution < 1.29 is 13.2 Å². The Bertz CT molecular complexity index is 3940.